The van der Waals surface area contributed by atoms with E-state index in [2.05, 4.69) is 154 Å². The van der Waals surface area contributed by atoms with Crippen molar-refractivity contribution >= 4 is 49.7 Å². The van der Waals surface area contributed by atoms with E-state index in [1.165, 1.54) is 44.2 Å². The Hall–Kier alpha value is -5.60. The molecule has 0 N–H and O–H groups in total. The molecule has 1 heterocycles. The van der Waals surface area contributed by atoms with Crippen LogP contribution in [-0.4, -0.2) is 0 Å². The third-order valence-corrected chi connectivity index (χ3v) is 9.61. The Kier molecular flexibility index (Phi) is 6.54. The second kappa shape index (κ2) is 10.8. The summed E-state index contributed by atoms with van der Waals surface area (Å²) in [5.41, 5.74) is 12.4. The molecule has 0 fully saturated rings. The number of benzene rings is 6. The molecule has 1 aliphatic rings. The van der Waals surface area contributed by atoms with Gasteiger partial charge in [0.15, 0.2) is 0 Å². The van der Waals surface area contributed by atoms with Gasteiger partial charge >= 0.3 is 0 Å². The van der Waals surface area contributed by atoms with Gasteiger partial charge in [0.05, 0.1) is 0 Å². The molecule has 7 aromatic rings. The van der Waals surface area contributed by atoms with E-state index in [1.807, 2.05) is 24.3 Å². The zero-order valence-electron chi connectivity index (χ0n) is 26.4. The lowest BCUT2D eigenvalue weighted by molar-refractivity contribution is 0.661. The van der Waals surface area contributed by atoms with Gasteiger partial charge in [0.1, 0.15) is 11.2 Å². The van der Waals surface area contributed by atoms with E-state index in [4.69, 9.17) is 4.42 Å². The molecule has 1 aliphatic carbocycles. The fourth-order valence-electron chi connectivity index (χ4n) is 7.09. The number of allylic oxidation sites excluding steroid dienone is 4. The number of nitrogens with zero attached hydrogens (tertiary/aromatic N) is 1. The first kappa shape index (κ1) is 27.9. The summed E-state index contributed by atoms with van der Waals surface area (Å²) in [5.74, 6) is 0. The largest absolute Gasteiger partial charge is 0.456 e. The lowest BCUT2D eigenvalue weighted by Crippen LogP contribution is -2.18. The van der Waals surface area contributed by atoms with Crippen molar-refractivity contribution in [2.75, 3.05) is 4.90 Å². The standard InChI is InChI=1S/C44H35NO/c1-5-33(20-19-29(2)30-13-7-6-8-14-30)45(35-22-24-38-37-17-11-12-18-42(37)46-43(38)28-35)34-21-23-36-39-25-31-15-9-10-16-32(31)26-40(39)44(3,4)41(36)27-34/h5-28H,1H2,2-4H3/b29-19+,33-20+. The van der Waals surface area contributed by atoms with Crippen LogP contribution < -0.4 is 4.90 Å². The van der Waals surface area contributed by atoms with Gasteiger partial charge in [0.2, 0.25) is 0 Å². The summed E-state index contributed by atoms with van der Waals surface area (Å²) in [7, 11) is 0. The molecule has 6 aromatic carbocycles. The fraction of sp³-hybridized carbons (Fsp3) is 0.0909. The maximum Gasteiger partial charge on any atom is 0.137 e. The predicted octanol–water partition coefficient (Wildman–Crippen LogP) is 12.4. The molecule has 0 aliphatic heterocycles. The van der Waals surface area contributed by atoms with E-state index in [0.29, 0.717) is 0 Å². The van der Waals surface area contributed by atoms with Gasteiger partial charge in [0.25, 0.3) is 0 Å². The molecule has 222 valence electrons. The highest BCUT2D eigenvalue weighted by molar-refractivity contribution is 6.06. The molecule has 0 spiro atoms. The van der Waals surface area contributed by atoms with Gasteiger partial charge in [-0.3, -0.25) is 0 Å². The average molecular weight is 594 g/mol. The summed E-state index contributed by atoms with van der Waals surface area (Å²) in [6.45, 7) is 11.1. The second-order valence-electron chi connectivity index (χ2n) is 12.7. The molecule has 0 radical (unpaired) electrons. The highest BCUT2D eigenvalue weighted by atomic mass is 16.3. The van der Waals surface area contributed by atoms with Crippen LogP contribution in [0.4, 0.5) is 11.4 Å². The first-order valence-electron chi connectivity index (χ1n) is 15.9. The SMILES string of the molecule is C=C/C(=C\C=C(/C)c1ccccc1)N(c1ccc2c(c1)C(C)(C)c1cc3ccccc3cc1-2)c1ccc2c(c1)oc1ccccc12. The number of furan rings is 1. The van der Waals surface area contributed by atoms with Crippen LogP contribution in [0.5, 0.6) is 0 Å². The Morgan fingerprint density at radius 3 is 2.09 bits per heavy atom. The van der Waals surface area contributed by atoms with Gasteiger partial charge in [-0.25, -0.2) is 0 Å². The van der Waals surface area contributed by atoms with E-state index in [9.17, 15) is 0 Å². The van der Waals surface area contributed by atoms with Crippen LogP contribution in [0, 0.1) is 0 Å². The first-order chi connectivity index (χ1) is 22.4. The number of hydrogen-bond acceptors (Lipinski definition) is 2. The third kappa shape index (κ3) is 4.49. The summed E-state index contributed by atoms with van der Waals surface area (Å²) in [4.78, 5) is 2.30. The maximum atomic E-state index is 6.35. The topological polar surface area (TPSA) is 16.4 Å². The quantitative estimate of drug-likeness (QED) is 0.178. The number of anilines is 2. The monoisotopic (exact) mass is 593 g/mol. The van der Waals surface area contributed by atoms with Crippen molar-refractivity contribution < 1.29 is 4.42 Å². The Morgan fingerprint density at radius 2 is 1.28 bits per heavy atom. The van der Waals surface area contributed by atoms with Crippen molar-refractivity contribution in [3.8, 4) is 11.1 Å². The van der Waals surface area contributed by atoms with Gasteiger partial charge in [-0.2, -0.15) is 0 Å². The summed E-state index contributed by atoms with van der Waals surface area (Å²) in [6.07, 6.45) is 6.28. The summed E-state index contributed by atoms with van der Waals surface area (Å²) in [6, 6.07) is 45.5. The van der Waals surface area contributed by atoms with Crippen molar-refractivity contribution in [2.45, 2.75) is 26.2 Å². The lowest BCUT2D eigenvalue weighted by atomic mass is 9.81. The predicted molar refractivity (Wildman–Crippen MR) is 196 cm³/mol. The summed E-state index contributed by atoms with van der Waals surface area (Å²) in [5, 5.41) is 4.79. The van der Waals surface area contributed by atoms with Crippen molar-refractivity contribution in [1.29, 1.82) is 0 Å². The maximum absolute atomic E-state index is 6.35. The third-order valence-electron chi connectivity index (χ3n) is 9.61. The summed E-state index contributed by atoms with van der Waals surface area (Å²) >= 11 is 0. The zero-order chi connectivity index (χ0) is 31.4. The van der Waals surface area contributed by atoms with E-state index in [-0.39, 0.29) is 5.41 Å². The highest BCUT2D eigenvalue weighted by Gasteiger charge is 2.36. The van der Waals surface area contributed by atoms with Crippen LogP contribution in [0.1, 0.15) is 37.5 Å². The Bertz CT molecular complexity index is 2370. The molecule has 0 saturated heterocycles. The normalized spacial score (nSPS) is 14.1. The van der Waals surface area contributed by atoms with Gasteiger partial charge in [0, 0.05) is 39.3 Å². The Morgan fingerprint density at radius 1 is 0.630 bits per heavy atom. The van der Waals surface area contributed by atoms with Crippen LogP contribution in [-0.2, 0) is 5.41 Å². The van der Waals surface area contributed by atoms with Crippen LogP contribution in [0.25, 0.3) is 49.4 Å². The molecule has 46 heavy (non-hydrogen) atoms. The zero-order valence-corrected chi connectivity index (χ0v) is 26.4. The number of para-hydroxylation sites is 1. The van der Waals surface area contributed by atoms with Crippen molar-refractivity contribution in [1.82, 2.24) is 0 Å². The average Bonchev–Trinajstić information content (AvgIpc) is 3.57. The highest BCUT2D eigenvalue weighted by Crippen LogP contribution is 2.51. The molecule has 0 amide bonds. The number of fused-ring (bicyclic) bond motifs is 7. The van der Waals surface area contributed by atoms with Gasteiger partial charge in [-0.15, -0.1) is 0 Å². The van der Waals surface area contributed by atoms with E-state index >= 15 is 0 Å². The Labute approximate surface area is 270 Å². The molecular formula is C44H35NO. The molecule has 1 aromatic heterocycles. The van der Waals surface area contributed by atoms with E-state index in [0.717, 1.165) is 39.0 Å². The van der Waals surface area contributed by atoms with Crippen molar-refractivity contribution in [3.63, 3.8) is 0 Å². The summed E-state index contributed by atoms with van der Waals surface area (Å²) < 4.78 is 6.35. The minimum atomic E-state index is -0.152. The smallest absolute Gasteiger partial charge is 0.137 e. The van der Waals surface area contributed by atoms with Gasteiger partial charge < -0.3 is 9.32 Å². The van der Waals surface area contributed by atoms with Crippen molar-refractivity contribution in [2.24, 2.45) is 0 Å². The van der Waals surface area contributed by atoms with Crippen molar-refractivity contribution in [3.05, 3.63) is 175 Å². The minimum Gasteiger partial charge on any atom is -0.456 e. The van der Waals surface area contributed by atoms with Crippen LogP contribution in [0.2, 0.25) is 0 Å². The minimum absolute atomic E-state index is 0.152. The Balaban J connectivity index is 1.30. The second-order valence-corrected chi connectivity index (χ2v) is 12.7. The molecule has 0 atom stereocenters. The van der Waals surface area contributed by atoms with E-state index < -0.39 is 0 Å². The van der Waals surface area contributed by atoms with Crippen LogP contribution in [0.15, 0.2) is 162 Å². The number of hydrogen-bond donors (Lipinski definition) is 0. The molecule has 0 bridgehead atoms. The molecule has 2 nitrogen and oxygen atoms in total. The van der Waals surface area contributed by atoms with E-state index in [1.54, 1.807) is 0 Å². The molecule has 2 heteroatoms. The molecule has 8 rings (SSSR count). The molecule has 0 unspecified atom stereocenters. The first-order valence-corrected chi connectivity index (χ1v) is 15.9. The van der Waals surface area contributed by atoms with Crippen LogP contribution >= 0.6 is 0 Å². The van der Waals surface area contributed by atoms with Crippen LogP contribution in [0.3, 0.4) is 0 Å². The molecular weight excluding hydrogens is 558 g/mol. The number of rotatable bonds is 6. The van der Waals surface area contributed by atoms with Gasteiger partial charge in [-0.05, 0) is 106 Å². The fourth-order valence-corrected chi connectivity index (χ4v) is 7.09. The lowest BCUT2D eigenvalue weighted by Gasteiger charge is -2.28. The van der Waals surface area contributed by atoms with Gasteiger partial charge in [-0.1, -0.05) is 105 Å². The molecule has 0 saturated carbocycles.